The molecule has 0 bridgehead atoms. The molecule has 6 rings (SSSR count). The van der Waals surface area contributed by atoms with E-state index >= 15 is 0 Å². The summed E-state index contributed by atoms with van der Waals surface area (Å²) in [5, 5.41) is 24.3. The maximum absolute atomic E-state index is 5.85. The summed E-state index contributed by atoms with van der Waals surface area (Å²) in [5.41, 5.74) is -0.274. The fourth-order valence-electron chi connectivity index (χ4n) is 21.5. The maximum atomic E-state index is 5.85. The zero-order chi connectivity index (χ0) is 82.5. The number of rotatable bonds is 61. The monoisotopic (exact) mass is 1580 g/mol. The van der Waals surface area contributed by atoms with Gasteiger partial charge in [0.1, 0.15) is 0 Å². The average Bonchev–Trinajstić information content (AvgIpc) is 0.771. The predicted molar refractivity (Wildman–Crippen MR) is 494 cm³/mol. The first-order valence-corrected chi connectivity index (χ1v) is 49.0. The van der Waals surface area contributed by atoms with Crippen LogP contribution in [0.15, 0.2) is 0 Å². The van der Waals surface area contributed by atoms with E-state index in [1.165, 1.54) is 231 Å². The first kappa shape index (κ1) is 98.5. The Morgan fingerprint density at radius 2 is 0.469 bits per heavy atom. The molecule has 6 N–H and O–H groups in total. The lowest BCUT2D eigenvalue weighted by molar-refractivity contribution is 0.156. The lowest BCUT2D eigenvalue weighted by Gasteiger charge is -2.50. The van der Waals surface area contributed by atoms with Gasteiger partial charge in [0.15, 0.2) is 0 Å². The molecule has 4 saturated heterocycles. The number of hydrogen-bond donors (Lipinski definition) is 6. The molecule has 16 nitrogen and oxygen atoms in total. The van der Waals surface area contributed by atoms with Crippen molar-refractivity contribution in [2.24, 2.45) is 0 Å². The van der Waals surface area contributed by atoms with Gasteiger partial charge in [0.05, 0.1) is 0 Å². The maximum Gasteiger partial charge on any atom is 0.232 e. The average molecular weight is 1580 g/mol. The topological polar surface area (TPSA) is 162 Å². The molecule has 4 aliphatic rings. The van der Waals surface area contributed by atoms with E-state index in [0.717, 1.165) is 171 Å². The Hall–Kier alpha value is -3.34. The van der Waals surface area contributed by atoms with Crippen LogP contribution in [0.4, 0.5) is 35.7 Å². The molecule has 6 heterocycles. The van der Waals surface area contributed by atoms with E-state index in [0.29, 0.717) is 0 Å². The number of hydrogen-bond acceptors (Lipinski definition) is 16. The predicted octanol–water partition coefficient (Wildman–Crippen LogP) is 25.7. The van der Waals surface area contributed by atoms with Crippen LogP contribution < -0.4 is 51.5 Å². The highest BCUT2D eigenvalue weighted by molar-refractivity contribution is 5.49. The molecule has 0 saturated carbocycles. The third-order valence-corrected chi connectivity index (χ3v) is 25.8. The second-order valence-electron chi connectivity index (χ2n) is 42.5. The van der Waals surface area contributed by atoms with Gasteiger partial charge in [0.25, 0.3) is 0 Å². The smallest absolute Gasteiger partial charge is 0.232 e. The minimum atomic E-state index is -0.0357. The van der Waals surface area contributed by atoms with Crippen LogP contribution >= 0.6 is 0 Å². The number of unbranched alkanes of at least 4 members (excludes halogenated alkanes) is 37. The van der Waals surface area contributed by atoms with Gasteiger partial charge >= 0.3 is 0 Å². The van der Waals surface area contributed by atoms with Gasteiger partial charge in [-0.25, -0.2) is 0 Å². The number of anilines is 6. The Bertz CT molecular complexity index is 2600. The van der Waals surface area contributed by atoms with Crippen molar-refractivity contribution in [1.82, 2.24) is 51.2 Å². The van der Waals surface area contributed by atoms with Gasteiger partial charge in [0, 0.05) is 107 Å². The van der Waals surface area contributed by atoms with E-state index in [1.54, 1.807) is 0 Å². The van der Waals surface area contributed by atoms with Crippen LogP contribution in [0.1, 0.15) is 479 Å². The summed E-state index contributed by atoms with van der Waals surface area (Å²) in [5.74, 6) is 4.93. The molecular weight excluding hydrogens is 1390 g/mol. The molecular formula is C97H188N16. The van der Waals surface area contributed by atoms with E-state index in [9.17, 15) is 0 Å². The molecule has 1 atom stereocenters. The lowest BCUT2D eigenvalue weighted by Crippen LogP contribution is -2.63. The van der Waals surface area contributed by atoms with E-state index in [2.05, 4.69) is 197 Å². The van der Waals surface area contributed by atoms with E-state index in [1.807, 2.05) is 0 Å². The normalized spacial score (nSPS) is 19.7. The number of piperidine rings is 4. The van der Waals surface area contributed by atoms with E-state index in [-0.39, 0.29) is 74.5 Å². The van der Waals surface area contributed by atoms with Crippen molar-refractivity contribution in [1.29, 1.82) is 0 Å². The van der Waals surface area contributed by atoms with Crippen LogP contribution in [0.2, 0.25) is 0 Å². The highest BCUT2D eigenvalue weighted by Crippen LogP contribution is 2.40. The van der Waals surface area contributed by atoms with Crippen LogP contribution in [0.25, 0.3) is 0 Å². The third-order valence-electron chi connectivity index (χ3n) is 25.8. The van der Waals surface area contributed by atoms with Gasteiger partial charge in [0.2, 0.25) is 35.7 Å². The third kappa shape index (κ3) is 38.7. The van der Waals surface area contributed by atoms with Crippen LogP contribution in [0, 0.1) is 0 Å². The Labute approximate surface area is 699 Å². The number of nitrogens with one attached hydrogen (secondary N) is 6. The van der Waals surface area contributed by atoms with Crippen LogP contribution in [-0.2, 0) is 0 Å². The molecule has 4 aliphatic heterocycles. The zero-order valence-electron chi connectivity index (χ0n) is 78.7. The minimum Gasteiger partial charge on any atom is -0.354 e. The molecule has 656 valence electrons. The number of nitrogens with zero attached hydrogens (tertiary/aromatic N) is 10. The molecule has 0 aromatic carbocycles. The van der Waals surface area contributed by atoms with Crippen LogP contribution in [0.3, 0.4) is 0 Å². The van der Waals surface area contributed by atoms with Crippen LogP contribution in [-0.4, -0.2) is 137 Å². The molecule has 113 heavy (non-hydrogen) atoms. The quantitative estimate of drug-likeness (QED) is 0.0347. The number of aromatic nitrogens is 6. The van der Waals surface area contributed by atoms with E-state index in [4.69, 9.17) is 29.9 Å². The second-order valence-corrected chi connectivity index (χ2v) is 42.5. The van der Waals surface area contributed by atoms with Gasteiger partial charge < -0.3 is 51.5 Å². The largest absolute Gasteiger partial charge is 0.354 e. The Morgan fingerprint density at radius 1 is 0.265 bits per heavy atom. The van der Waals surface area contributed by atoms with Crippen molar-refractivity contribution in [2.45, 2.75) is 554 Å². The van der Waals surface area contributed by atoms with Gasteiger partial charge in [-0.2, -0.15) is 29.9 Å². The molecule has 0 spiro atoms. The summed E-state index contributed by atoms with van der Waals surface area (Å²) in [7, 11) is 0. The summed E-state index contributed by atoms with van der Waals surface area (Å²) >= 11 is 0. The SMILES string of the molecule is CCCCCCCCCCCCN(c1nc(NCCCCC(CC)Nc2nc(N(CCCCCCCCCCCC)C3CC(C)(C)NC(C)(C)C3)nc(N(CCCCCCCCCCCC)C3CC(C)(C)NC(C)(C)C3)n2)nc(N(CCCCCCCCCCCC)C2CC(C)(C)NC(C)(C)C2)n1)C1CC(C)(C)NC(C)(C)C1. The molecule has 16 heteroatoms. The lowest BCUT2D eigenvalue weighted by atomic mass is 9.79. The molecule has 0 radical (unpaired) electrons. The fourth-order valence-corrected chi connectivity index (χ4v) is 21.5. The van der Waals surface area contributed by atoms with Crippen LogP contribution in [0.5, 0.6) is 0 Å². The van der Waals surface area contributed by atoms with Crippen molar-refractivity contribution < 1.29 is 0 Å². The summed E-state index contributed by atoms with van der Waals surface area (Å²) in [4.78, 5) is 45.1. The Kier molecular flexibility index (Phi) is 43.6. The summed E-state index contributed by atoms with van der Waals surface area (Å²) in [6, 6.07) is 1.34. The zero-order valence-corrected chi connectivity index (χ0v) is 78.7. The van der Waals surface area contributed by atoms with Crippen molar-refractivity contribution in [3.05, 3.63) is 0 Å². The highest BCUT2D eigenvalue weighted by Gasteiger charge is 2.46. The molecule has 0 amide bonds. The van der Waals surface area contributed by atoms with Gasteiger partial charge in [-0.05, 0) is 214 Å². The molecule has 2 aromatic heterocycles. The minimum absolute atomic E-state index is 0.0327. The Morgan fingerprint density at radius 3 is 0.681 bits per heavy atom. The van der Waals surface area contributed by atoms with Gasteiger partial charge in [-0.1, -0.05) is 266 Å². The standard InChI is InChI=1S/C97H188N16/c1-22-27-31-35-39-43-47-51-55-61-67-110(80-71-90(6,7)106-91(8,9)72-80)86-100-84(101-87(104-86)111(81-73-92(10,11)107-93(12,13)74-81)68-62-56-52-48-44-40-36-32-28-23-2)98-66-60-59-65-79(26-5)99-85-102-88(112(82-75-94(14,15)108-95(16,17)76-82)69-63-57-53-49-45-41-37-33-29-24-3)105-89(103-85)113(83-77-96(18,19)109-97(20,21)78-83)70-64-58-54-50-46-42-38-34-30-25-4/h79-83,106-109H,22-78H2,1-21H3,(H,98,100,101,104)(H,99,102,103,105). The summed E-state index contributed by atoms with van der Waals surface area (Å²) in [6.45, 7) is 54.8. The van der Waals surface area contributed by atoms with Gasteiger partial charge in [-0.15, -0.1) is 0 Å². The van der Waals surface area contributed by atoms with Crippen molar-refractivity contribution in [3.8, 4) is 0 Å². The molecule has 2 aromatic rings. The van der Waals surface area contributed by atoms with Gasteiger partial charge in [-0.3, -0.25) is 0 Å². The summed E-state index contributed by atoms with van der Waals surface area (Å²) in [6.07, 6.45) is 65.0. The molecule has 1 unspecified atom stereocenters. The van der Waals surface area contributed by atoms with Crippen molar-refractivity contribution in [2.75, 3.05) is 63.0 Å². The molecule has 0 aliphatic carbocycles. The van der Waals surface area contributed by atoms with Crippen molar-refractivity contribution in [3.63, 3.8) is 0 Å². The highest BCUT2D eigenvalue weighted by atomic mass is 15.4. The first-order valence-electron chi connectivity index (χ1n) is 49.0. The first-order chi connectivity index (χ1) is 53.7. The van der Waals surface area contributed by atoms with E-state index < -0.39 is 0 Å². The second kappa shape index (κ2) is 50.0. The molecule has 4 fully saturated rings. The van der Waals surface area contributed by atoms with Crippen molar-refractivity contribution >= 4 is 35.7 Å². The Balaban J connectivity index is 1.34. The summed E-state index contributed by atoms with van der Waals surface area (Å²) < 4.78 is 0. The fraction of sp³-hybridized carbons (Fsp3) is 0.938.